The molecule has 0 spiro atoms. The molecule has 5 nitrogen and oxygen atoms in total. The molecule has 0 saturated carbocycles. The van der Waals surface area contributed by atoms with Crippen LogP contribution in [0.3, 0.4) is 0 Å². The summed E-state index contributed by atoms with van der Waals surface area (Å²) >= 11 is 0. The largest absolute Gasteiger partial charge is 0.384 e. The number of hydrogen-bond acceptors (Lipinski definition) is 4. The summed E-state index contributed by atoms with van der Waals surface area (Å²) < 4.78 is 0. The van der Waals surface area contributed by atoms with E-state index in [0.717, 1.165) is 18.7 Å². The highest BCUT2D eigenvalue weighted by Crippen LogP contribution is 2.14. The van der Waals surface area contributed by atoms with Crippen LogP contribution in [-0.4, -0.2) is 17.4 Å². The molecule has 1 aromatic carbocycles. The van der Waals surface area contributed by atoms with Crippen molar-refractivity contribution in [3.63, 3.8) is 0 Å². The summed E-state index contributed by atoms with van der Waals surface area (Å²) in [4.78, 5) is 16.4. The predicted octanol–water partition coefficient (Wildman–Crippen LogP) is 3.81. The number of benzene rings is 1. The third kappa shape index (κ3) is 5.11. The molecule has 0 radical (unpaired) electrons. The lowest BCUT2D eigenvalue weighted by Crippen LogP contribution is -2.13. The Kier molecular flexibility index (Phi) is 6.13. The van der Waals surface area contributed by atoms with Crippen LogP contribution < -0.4 is 10.6 Å². The van der Waals surface area contributed by atoms with E-state index in [4.69, 9.17) is 5.26 Å². The van der Waals surface area contributed by atoms with Crippen molar-refractivity contribution in [1.29, 1.82) is 5.26 Å². The van der Waals surface area contributed by atoms with E-state index in [0.29, 0.717) is 16.8 Å². The van der Waals surface area contributed by atoms with Gasteiger partial charge in [-0.25, -0.2) is 0 Å². The molecule has 2 aromatic rings. The van der Waals surface area contributed by atoms with Crippen LogP contribution in [0.15, 0.2) is 42.7 Å². The molecular formula is C18H20N4O. The zero-order valence-corrected chi connectivity index (χ0v) is 13.2. The number of nitrogens with zero attached hydrogens (tertiary/aromatic N) is 2. The highest BCUT2D eigenvalue weighted by molar-refractivity contribution is 6.04. The van der Waals surface area contributed by atoms with Crippen molar-refractivity contribution in [3.05, 3.63) is 53.9 Å². The number of amides is 1. The zero-order chi connectivity index (χ0) is 16.5. The molecule has 0 aliphatic heterocycles. The maximum Gasteiger partial charge on any atom is 0.257 e. The first-order valence-corrected chi connectivity index (χ1v) is 7.73. The highest BCUT2D eigenvalue weighted by atomic mass is 16.1. The Balaban J connectivity index is 2.00. The average Bonchev–Trinajstić information content (AvgIpc) is 2.59. The summed E-state index contributed by atoms with van der Waals surface area (Å²) in [5, 5.41) is 14.9. The first kappa shape index (κ1) is 16.5. The van der Waals surface area contributed by atoms with Crippen LogP contribution in [0, 0.1) is 11.3 Å². The monoisotopic (exact) mass is 308 g/mol. The van der Waals surface area contributed by atoms with Crippen LogP contribution in [-0.2, 0) is 0 Å². The molecule has 0 atom stereocenters. The molecule has 0 saturated heterocycles. The number of pyridine rings is 1. The van der Waals surface area contributed by atoms with Crippen LogP contribution >= 0.6 is 0 Å². The van der Waals surface area contributed by atoms with Gasteiger partial charge in [0.15, 0.2) is 0 Å². The predicted molar refractivity (Wildman–Crippen MR) is 91.4 cm³/mol. The van der Waals surface area contributed by atoms with Gasteiger partial charge >= 0.3 is 0 Å². The summed E-state index contributed by atoms with van der Waals surface area (Å²) in [6, 6.07) is 10.6. The van der Waals surface area contributed by atoms with Gasteiger partial charge < -0.3 is 10.6 Å². The van der Waals surface area contributed by atoms with Gasteiger partial charge in [0.05, 0.1) is 22.9 Å². The molecule has 2 rings (SSSR count). The Labute approximate surface area is 136 Å². The number of carbonyl (C=O) groups is 1. The van der Waals surface area contributed by atoms with Crippen LogP contribution in [0.1, 0.15) is 42.1 Å². The smallest absolute Gasteiger partial charge is 0.257 e. The van der Waals surface area contributed by atoms with E-state index in [9.17, 15) is 4.79 Å². The van der Waals surface area contributed by atoms with Crippen molar-refractivity contribution in [1.82, 2.24) is 4.98 Å². The van der Waals surface area contributed by atoms with Gasteiger partial charge in [0.2, 0.25) is 0 Å². The molecule has 118 valence electrons. The molecule has 0 bridgehead atoms. The van der Waals surface area contributed by atoms with Crippen LogP contribution in [0.5, 0.6) is 0 Å². The van der Waals surface area contributed by atoms with Crippen molar-refractivity contribution < 1.29 is 4.79 Å². The van der Waals surface area contributed by atoms with Crippen molar-refractivity contribution in [2.75, 3.05) is 17.2 Å². The zero-order valence-electron chi connectivity index (χ0n) is 13.2. The molecule has 1 aromatic heterocycles. The van der Waals surface area contributed by atoms with Crippen molar-refractivity contribution in [2.24, 2.45) is 0 Å². The molecule has 0 aliphatic rings. The van der Waals surface area contributed by atoms with Crippen LogP contribution in [0.4, 0.5) is 11.4 Å². The topological polar surface area (TPSA) is 77.8 Å². The lowest BCUT2D eigenvalue weighted by Gasteiger charge is -2.08. The lowest BCUT2D eigenvalue weighted by atomic mass is 10.2. The minimum atomic E-state index is -0.246. The Hall–Kier alpha value is -2.87. The van der Waals surface area contributed by atoms with Gasteiger partial charge in [0, 0.05) is 24.6 Å². The molecular weight excluding hydrogens is 288 g/mol. The quantitative estimate of drug-likeness (QED) is 0.762. The number of rotatable bonds is 7. The fourth-order valence-corrected chi connectivity index (χ4v) is 2.14. The third-order valence-electron chi connectivity index (χ3n) is 3.36. The maximum atomic E-state index is 12.3. The number of nitriles is 1. The number of hydrogen-bond donors (Lipinski definition) is 2. The number of anilines is 2. The Bertz CT molecular complexity index is 706. The maximum absolute atomic E-state index is 12.3. The van der Waals surface area contributed by atoms with Gasteiger partial charge in [-0.3, -0.25) is 9.78 Å². The standard InChI is InChI=1S/C18H20N4O/c1-2-3-4-8-21-17-10-15(12-20-13-17)18(23)22-16-7-5-6-14(9-16)11-19/h5-7,9-10,12-13,21H,2-4,8H2,1H3,(H,22,23). The second-order valence-corrected chi connectivity index (χ2v) is 5.24. The minimum absolute atomic E-state index is 0.246. The first-order chi connectivity index (χ1) is 11.2. The van der Waals surface area contributed by atoms with E-state index in [-0.39, 0.29) is 5.91 Å². The molecule has 2 N–H and O–H groups in total. The van der Waals surface area contributed by atoms with E-state index >= 15 is 0 Å². The fourth-order valence-electron chi connectivity index (χ4n) is 2.14. The minimum Gasteiger partial charge on any atom is -0.384 e. The molecule has 0 fully saturated rings. The van der Waals surface area contributed by atoms with Crippen molar-refractivity contribution in [2.45, 2.75) is 26.2 Å². The van der Waals surface area contributed by atoms with Crippen LogP contribution in [0.2, 0.25) is 0 Å². The summed E-state index contributed by atoms with van der Waals surface area (Å²) in [7, 11) is 0. The Morgan fingerprint density at radius 1 is 1.22 bits per heavy atom. The summed E-state index contributed by atoms with van der Waals surface area (Å²) in [6.45, 7) is 3.03. The van der Waals surface area contributed by atoms with Crippen molar-refractivity contribution in [3.8, 4) is 6.07 Å². The normalized spacial score (nSPS) is 9.91. The number of carbonyl (C=O) groups excluding carboxylic acids is 1. The highest BCUT2D eigenvalue weighted by Gasteiger charge is 2.08. The average molecular weight is 308 g/mol. The van der Waals surface area contributed by atoms with E-state index < -0.39 is 0 Å². The molecule has 0 aliphatic carbocycles. The Morgan fingerprint density at radius 3 is 2.87 bits per heavy atom. The van der Waals surface area contributed by atoms with Gasteiger partial charge in [0.25, 0.3) is 5.91 Å². The third-order valence-corrected chi connectivity index (χ3v) is 3.36. The van der Waals surface area contributed by atoms with Crippen molar-refractivity contribution >= 4 is 17.3 Å². The van der Waals surface area contributed by atoms with Gasteiger partial charge in [-0.2, -0.15) is 5.26 Å². The molecule has 23 heavy (non-hydrogen) atoms. The van der Waals surface area contributed by atoms with E-state index in [1.165, 1.54) is 19.0 Å². The van der Waals surface area contributed by atoms with E-state index in [2.05, 4.69) is 22.5 Å². The van der Waals surface area contributed by atoms with Gasteiger partial charge in [-0.1, -0.05) is 25.8 Å². The van der Waals surface area contributed by atoms with Gasteiger partial charge in [-0.05, 0) is 30.7 Å². The second kappa shape index (κ2) is 8.54. The summed E-state index contributed by atoms with van der Waals surface area (Å²) in [5.41, 5.74) is 2.41. The van der Waals surface area contributed by atoms with E-state index in [1.807, 2.05) is 6.07 Å². The molecule has 5 heteroatoms. The Morgan fingerprint density at radius 2 is 2.09 bits per heavy atom. The second-order valence-electron chi connectivity index (χ2n) is 5.24. The van der Waals surface area contributed by atoms with Crippen LogP contribution in [0.25, 0.3) is 0 Å². The van der Waals surface area contributed by atoms with Gasteiger partial charge in [0.1, 0.15) is 0 Å². The number of aromatic nitrogens is 1. The SMILES string of the molecule is CCCCCNc1cncc(C(=O)Nc2cccc(C#N)c2)c1. The number of unbranched alkanes of at least 4 members (excludes halogenated alkanes) is 2. The lowest BCUT2D eigenvalue weighted by molar-refractivity contribution is 0.102. The molecule has 1 heterocycles. The summed E-state index contributed by atoms with van der Waals surface area (Å²) in [6.07, 6.45) is 6.67. The van der Waals surface area contributed by atoms with E-state index in [1.54, 1.807) is 36.5 Å². The first-order valence-electron chi connectivity index (χ1n) is 7.73. The molecule has 0 unspecified atom stereocenters. The van der Waals surface area contributed by atoms with Gasteiger partial charge in [-0.15, -0.1) is 0 Å². The number of nitrogens with one attached hydrogen (secondary N) is 2. The fraction of sp³-hybridized carbons (Fsp3) is 0.278. The summed E-state index contributed by atoms with van der Waals surface area (Å²) in [5.74, 6) is -0.246. The molecule has 1 amide bonds.